The summed E-state index contributed by atoms with van der Waals surface area (Å²) in [6.07, 6.45) is 0. The van der Waals surface area contributed by atoms with E-state index in [0.717, 1.165) is 5.75 Å². The quantitative estimate of drug-likeness (QED) is 0.448. The van der Waals surface area contributed by atoms with Crippen molar-refractivity contribution in [1.82, 2.24) is 0 Å². The predicted octanol–water partition coefficient (Wildman–Crippen LogP) is 2.41. The summed E-state index contributed by atoms with van der Waals surface area (Å²) in [6, 6.07) is 5.70. The van der Waals surface area contributed by atoms with Gasteiger partial charge in [-0.1, -0.05) is 6.07 Å². The minimum Gasteiger partial charge on any atom is -0.493 e. The van der Waals surface area contributed by atoms with Crippen LogP contribution in [0.15, 0.2) is 18.2 Å². The van der Waals surface area contributed by atoms with Crippen molar-refractivity contribution in [2.75, 3.05) is 12.9 Å². The first-order chi connectivity index (χ1) is 7.20. The first-order valence-electron chi connectivity index (χ1n) is 4.68. The number of hydrogen-bond donors (Lipinski definition) is 0. The maximum Gasteiger partial charge on any atom is 0.308 e. The number of esters is 1. The summed E-state index contributed by atoms with van der Waals surface area (Å²) >= 11 is 1.90. The summed E-state index contributed by atoms with van der Waals surface area (Å²) in [6.45, 7) is 1.38. The van der Waals surface area contributed by atoms with Gasteiger partial charge < -0.3 is 9.47 Å². The molecule has 80 valence electrons. The number of methoxy groups -OCH3 is 1. The largest absolute Gasteiger partial charge is 0.493 e. The summed E-state index contributed by atoms with van der Waals surface area (Å²) in [5.41, 5.74) is 1.23. The molecule has 0 N–H and O–H groups in total. The first kappa shape index (κ1) is 10.4. The normalized spacial score (nSPS) is 18.4. The van der Waals surface area contributed by atoms with E-state index in [2.05, 4.69) is 0 Å². The number of benzene rings is 1. The lowest BCUT2D eigenvalue weighted by molar-refractivity contribution is -0.132. The number of hydrogen-bond acceptors (Lipinski definition) is 4. The lowest BCUT2D eigenvalue weighted by Crippen LogP contribution is -2.03. The van der Waals surface area contributed by atoms with Gasteiger partial charge in [0.15, 0.2) is 11.5 Å². The molecule has 0 saturated carbocycles. The maximum atomic E-state index is 10.8. The average molecular weight is 224 g/mol. The lowest BCUT2D eigenvalue weighted by atomic mass is 10.1. The Balaban J connectivity index is 2.26. The molecule has 1 aromatic carbocycles. The third-order valence-corrected chi connectivity index (χ3v) is 3.09. The van der Waals surface area contributed by atoms with Crippen LogP contribution in [-0.4, -0.2) is 18.8 Å². The van der Waals surface area contributed by atoms with Gasteiger partial charge in [0.1, 0.15) is 0 Å². The van der Waals surface area contributed by atoms with Gasteiger partial charge in [-0.15, -0.1) is 0 Å². The molecule has 2 rings (SSSR count). The van der Waals surface area contributed by atoms with Crippen molar-refractivity contribution in [3.8, 4) is 11.5 Å². The molecule has 4 heteroatoms. The number of ether oxygens (including phenoxy) is 2. The smallest absolute Gasteiger partial charge is 0.308 e. The van der Waals surface area contributed by atoms with Gasteiger partial charge in [-0.25, -0.2) is 0 Å². The topological polar surface area (TPSA) is 35.5 Å². The second kappa shape index (κ2) is 4.14. The molecule has 1 aromatic rings. The number of carbonyl (C=O) groups excluding carboxylic acids is 1. The van der Waals surface area contributed by atoms with E-state index < -0.39 is 0 Å². The zero-order chi connectivity index (χ0) is 10.8. The number of rotatable bonds is 3. The zero-order valence-corrected chi connectivity index (χ0v) is 9.47. The second-order valence-electron chi connectivity index (χ2n) is 3.33. The Labute approximate surface area is 92.8 Å². The molecule has 15 heavy (non-hydrogen) atoms. The monoisotopic (exact) mass is 224 g/mol. The summed E-state index contributed by atoms with van der Waals surface area (Å²) < 4.78 is 10.2. The molecular formula is C11H12O3S. The molecular weight excluding hydrogens is 212 g/mol. The van der Waals surface area contributed by atoms with E-state index in [9.17, 15) is 4.79 Å². The number of carbonyl (C=O) groups is 1. The molecule has 3 nitrogen and oxygen atoms in total. The van der Waals surface area contributed by atoms with E-state index in [1.807, 2.05) is 23.9 Å². The molecule has 0 aromatic heterocycles. The summed E-state index contributed by atoms with van der Waals surface area (Å²) in [5.74, 6) is 1.94. The molecule has 1 aliphatic rings. The van der Waals surface area contributed by atoms with Gasteiger partial charge in [-0.3, -0.25) is 4.79 Å². The van der Waals surface area contributed by atoms with Gasteiger partial charge in [-0.2, -0.15) is 11.8 Å². The minimum absolute atomic E-state index is 0.332. The third-order valence-electron chi connectivity index (χ3n) is 2.15. The van der Waals surface area contributed by atoms with Crippen molar-refractivity contribution in [3.05, 3.63) is 23.8 Å². The Hall–Kier alpha value is -1.16. The third kappa shape index (κ3) is 2.45. The molecule has 0 spiro atoms. The highest BCUT2D eigenvalue weighted by atomic mass is 32.2. The molecule has 1 unspecified atom stereocenters. The molecule has 1 fully saturated rings. The van der Waals surface area contributed by atoms with Crippen molar-refractivity contribution >= 4 is 17.7 Å². The van der Waals surface area contributed by atoms with Crippen molar-refractivity contribution < 1.29 is 14.3 Å². The van der Waals surface area contributed by atoms with Crippen LogP contribution in [0.4, 0.5) is 0 Å². The van der Waals surface area contributed by atoms with Crippen LogP contribution < -0.4 is 9.47 Å². The van der Waals surface area contributed by atoms with E-state index in [1.54, 1.807) is 13.2 Å². The van der Waals surface area contributed by atoms with Crippen molar-refractivity contribution in [3.63, 3.8) is 0 Å². The van der Waals surface area contributed by atoms with Crippen molar-refractivity contribution in [2.24, 2.45) is 0 Å². The average Bonchev–Trinajstić information content (AvgIpc) is 3.01. The van der Waals surface area contributed by atoms with E-state index in [-0.39, 0.29) is 5.97 Å². The van der Waals surface area contributed by atoms with Gasteiger partial charge in [0.05, 0.1) is 7.11 Å². The van der Waals surface area contributed by atoms with E-state index >= 15 is 0 Å². The highest BCUT2D eigenvalue weighted by molar-refractivity contribution is 8.06. The van der Waals surface area contributed by atoms with Gasteiger partial charge in [-0.05, 0) is 17.7 Å². The van der Waals surface area contributed by atoms with Crippen LogP contribution in [0.25, 0.3) is 0 Å². The summed E-state index contributed by atoms with van der Waals surface area (Å²) in [5, 5.41) is 0.588. The van der Waals surface area contributed by atoms with Crippen molar-refractivity contribution in [1.29, 1.82) is 0 Å². The summed E-state index contributed by atoms with van der Waals surface area (Å²) in [7, 11) is 1.58. The van der Waals surface area contributed by atoms with E-state index in [1.165, 1.54) is 12.5 Å². The van der Waals surface area contributed by atoms with E-state index in [0.29, 0.717) is 16.7 Å². The Morgan fingerprint density at radius 1 is 1.47 bits per heavy atom. The zero-order valence-electron chi connectivity index (χ0n) is 8.65. The molecule has 0 bridgehead atoms. The Kier molecular flexibility index (Phi) is 2.86. The standard InChI is InChI=1S/C11H12O3S/c1-7(12)14-9-4-3-8(11-6-15-11)5-10(9)13-2/h3-5,11H,6H2,1-2H3. The molecule has 0 amide bonds. The predicted molar refractivity (Wildman–Crippen MR) is 59.5 cm³/mol. The Morgan fingerprint density at radius 2 is 2.20 bits per heavy atom. The number of thioether (sulfide) groups is 1. The van der Waals surface area contributed by atoms with Gasteiger partial charge in [0, 0.05) is 17.9 Å². The molecule has 0 radical (unpaired) electrons. The van der Waals surface area contributed by atoms with Crippen molar-refractivity contribution in [2.45, 2.75) is 12.2 Å². The first-order valence-corrected chi connectivity index (χ1v) is 5.73. The van der Waals surface area contributed by atoms with Gasteiger partial charge >= 0.3 is 5.97 Å². The highest BCUT2D eigenvalue weighted by Crippen LogP contribution is 2.47. The molecule has 1 aliphatic heterocycles. The minimum atomic E-state index is -0.332. The highest BCUT2D eigenvalue weighted by Gasteiger charge is 2.25. The molecule has 1 atom stereocenters. The van der Waals surface area contributed by atoms with Gasteiger partial charge in [0.2, 0.25) is 0 Å². The van der Waals surface area contributed by atoms with Crippen LogP contribution in [0.1, 0.15) is 17.7 Å². The van der Waals surface area contributed by atoms with Crippen LogP contribution in [0.2, 0.25) is 0 Å². The van der Waals surface area contributed by atoms with Gasteiger partial charge in [0.25, 0.3) is 0 Å². The SMILES string of the molecule is COc1cc(C2CS2)ccc1OC(C)=O. The maximum absolute atomic E-state index is 10.8. The molecule has 1 heterocycles. The fourth-order valence-corrected chi connectivity index (χ4v) is 1.99. The van der Waals surface area contributed by atoms with Crippen LogP contribution >= 0.6 is 11.8 Å². The van der Waals surface area contributed by atoms with Crippen LogP contribution in [0, 0.1) is 0 Å². The molecule has 0 aliphatic carbocycles. The van der Waals surface area contributed by atoms with E-state index in [4.69, 9.17) is 9.47 Å². The molecule has 1 saturated heterocycles. The lowest BCUT2D eigenvalue weighted by Gasteiger charge is -2.09. The Bertz CT molecular complexity index is 385. The van der Waals surface area contributed by atoms with Crippen LogP contribution in [0.5, 0.6) is 11.5 Å². The fraction of sp³-hybridized carbons (Fsp3) is 0.364. The van der Waals surface area contributed by atoms with Crippen LogP contribution in [-0.2, 0) is 4.79 Å². The second-order valence-corrected chi connectivity index (χ2v) is 4.56. The van der Waals surface area contributed by atoms with Crippen LogP contribution in [0.3, 0.4) is 0 Å². The Morgan fingerprint density at radius 3 is 2.73 bits per heavy atom. The fourth-order valence-electron chi connectivity index (χ4n) is 1.36. The summed E-state index contributed by atoms with van der Waals surface area (Å²) in [4.78, 5) is 10.8.